The van der Waals surface area contributed by atoms with Gasteiger partial charge in [0.05, 0.1) is 12.7 Å². The van der Waals surface area contributed by atoms with Crippen molar-refractivity contribution in [1.82, 2.24) is 9.80 Å². The molecular formula is C14H28N2O2. The van der Waals surface area contributed by atoms with Gasteiger partial charge in [0.2, 0.25) is 0 Å². The fraction of sp³-hybridized carbons (Fsp3) is 1.00. The molecule has 0 saturated carbocycles. The lowest BCUT2D eigenvalue weighted by atomic mass is 9.98. The molecule has 1 N–H and O–H groups in total. The predicted octanol–water partition coefficient (Wildman–Crippen LogP) is 0.800. The molecule has 2 fully saturated rings. The second-order valence-electron chi connectivity index (χ2n) is 6.03. The Kier molecular flexibility index (Phi) is 5.42. The number of nitrogens with zero attached hydrogens (tertiary/aromatic N) is 2. The monoisotopic (exact) mass is 256 g/mol. The van der Waals surface area contributed by atoms with Gasteiger partial charge in [-0.3, -0.25) is 4.90 Å². The second kappa shape index (κ2) is 6.85. The molecule has 106 valence electrons. The van der Waals surface area contributed by atoms with Crippen LogP contribution in [0.5, 0.6) is 0 Å². The van der Waals surface area contributed by atoms with E-state index in [9.17, 15) is 5.11 Å². The molecule has 2 heterocycles. The van der Waals surface area contributed by atoms with E-state index < -0.39 is 0 Å². The number of piperidine rings is 1. The summed E-state index contributed by atoms with van der Waals surface area (Å²) in [7, 11) is 0. The molecule has 0 aromatic heterocycles. The Morgan fingerprint density at radius 3 is 2.83 bits per heavy atom. The molecule has 0 spiro atoms. The topological polar surface area (TPSA) is 35.9 Å². The highest BCUT2D eigenvalue weighted by atomic mass is 16.5. The minimum absolute atomic E-state index is 0.333. The van der Waals surface area contributed by atoms with Crippen molar-refractivity contribution in [2.24, 2.45) is 5.92 Å². The molecule has 4 heteroatoms. The summed E-state index contributed by atoms with van der Waals surface area (Å²) < 4.78 is 5.88. The van der Waals surface area contributed by atoms with Gasteiger partial charge in [-0.15, -0.1) is 0 Å². The van der Waals surface area contributed by atoms with Crippen LogP contribution in [0.4, 0.5) is 0 Å². The van der Waals surface area contributed by atoms with Crippen LogP contribution in [0.3, 0.4) is 0 Å². The molecule has 0 aromatic carbocycles. The summed E-state index contributed by atoms with van der Waals surface area (Å²) >= 11 is 0. The molecule has 2 aliphatic heterocycles. The van der Waals surface area contributed by atoms with E-state index in [2.05, 4.69) is 23.6 Å². The van der Waals surface area contributed by atoms with Crippen molar-refractivity contribution in [3.63, 3.8) is 0 Å². The minimum Gasteiger partial charge on any atom is -0.396 e. The molecule has 4 nitrogen and oxygen atoms in total. The van der Waals surface area contributed by atoms with E-state index in [4.69, 9.17) is 4.74 Å². The van der Waals surface area contributed by atoms with Crippen molar-refractivity contribution in [3.8, 4) is 0 Å². The molecular weight excluding hydrogens is 228 g/mol. The third kappa shape index (κ3) is 3.92. The van der Waals surface area contributed by atoms with Gasteiger partial charge in [-0.05, 0) is 39.2 Å². The zero-order chi connectivity index (χ0) is 13.0. The number of aliphatic hydroxyl groups is 1. The maximum Gasteiger partial charge on any atom is 0.0829 e. The van der Waals surface area contributed by atoms with E-state index in [1.54, 1.807) is 0 Å². The van der Waals surface area contributed by atoms with Gasteiger partial charge >= 0.3 is 0 Å². The van der Waals surface area contributed by atoms with Crippen molar-refractivity contribution in [3.05, 3.63) is 0 Å². The smallest absolute Gasteiger partial charge is 0.0829 e. The van der Waals surface area contributed by atoms with Crippen LogP contribution < -0.4 is 0 Å². The number of rotatable bonds is 4. The maximum atomic E-state index is 9.26. The Hall–Kier alpha value is -0.160. The van der Waals surface area contributed by atoms with E-state index in [0.717, 1.165) is 39.3 Å². The zero-order valence-electron chi connectivity index (χ0n) is 11.8. The van der Waals surface area contributed by atoms with Gasteiger partial charge in [0, 0.05) is 38.8 Å². The summed E-state index contributed by atoms with van der Waals surface area (Å²) in [5, 5.41) is 9.26. The summed E-state index contributed by atoms with van der Waals surface area (Å²) in [6.45, 7) is 11.1. The zero-order valence-corrected chi connectivity index (χ0v) is 11.8. The number of likely N-dealkylation sites (tertiary alicyclic amines) is 1. The highest BCUT2D eigenvalue weighted by Crippen LogP contribution is 2.17. The highest BCUT2D eigenvalue weighted by Gasteiger charge is 2.26. The molecule has 18 heavy (non-hydrogen) atoms. The van der Waals surface area contributed by atoms with Crippen molar-refractivity contribution in [2.45, 2.75) is 38.8 Å². The molecule has 2 atom stereocenters. The lowest BCUT2D eigenvalue weighted by Gasteiger charge is -2.39. The molecule has 0 amide bonds. The van der Waals surface area contributed by atoms with Gasteiger partial charge in [-0.2, -0.15) is 0 Å². The van der Waals surface area contributed by atoms with Crippen LogP contribution in [-0.2, 0) is 4.74 Å². The SMILES string of the molecule is CC(C)N1CCOC(CN2CCCC(CO)C2)C1. The maximum absolute atomic E-state index is 9.26. The van der Waals surface area contributed by atoms with Gasteiger partial charge in [0.1, 0.15) is 0 Å². The van der Waals surface area contributed by atoms with Crippen molar-refractivity contribution in [2.75, 3.05) is 45.9 Å². The van der Waals surface area contributed by atoms with Crippen LogP contribution in [0.15, 0.2) is 0 Å². The van der Waals surface area contributed by atoms with Gasteiger partial charge in [-0.25, -0.2) is 0 Å². The molecule has 2 aliphatic rings. The van der Waals surface area contributed by atoms with Gasteiger partial charge in [0.25, 0.3) is 0 Å². The standard InChI is InChI=1S/C14H28N2O2/c1-12(2)16-6-7-18-14(10-16)9-15-5-3-4-13(8-15)11-17/h12-14,17H,3-11H2,1-2H3. The number of aliphatic hydroxyl groups excluding tert-OH is 1. The first kappa shape index (κ1) is 14.3. The van der Waals surface area contributed by atoms with Gasteiger partial charge in [0.15, 0.2) is 0 Å². The van der Waals surface area contributed by atoms with E-state index in [1.807, 2.05) is 0 Å². The van der Waals surface area contributed by atoms with Crippen LogP contribution in [-0.4, -0.2) is 73.0 Å². The Balaban J connectivity index is 1.78. The molecule has 0 bridgehead atoms. The van der Waals surface area contributed by atoms with Gasteiger partial charge in [-0.1, -0.05) is 0 Å². The van der Waals surface area contributed by atoms with Crippen LogP contribution in [0.2, 0.25) is 0 Å². The van der Waals surface area contributed by atoms with Crippen molar-refractivity contribution >= 4 is 0 Å². The van der Waals surface area contributed by atoms with Crippen LogP contribution in [0.25, 0.3) is 0 Å². The molecule has 2 rings (SSSR count). The van der Waals surface area contributed by atoms with Crippen LogP contribution >= 0.6 is 0 Å². The average Bonchev–Trinajstić information content (AvgIpc) is 2.39. The fourth-order valence-electron chi connectivity index (χ4n) is 3.08. The normalized spacial score (nSPS) is 32.0. The second-order valence-corrected chi connectivity index (χ2v) is 6.03. The number of ether oxygens (including phenoxy) is 1. The summed E-state index contributed by atoms with van der Waals surface area (Å²) in [6, 6.07) is 0.614. The first-order chi connectivity index (χ1) is 8.69. The van der Waals surface area contributed by atoms with Gasteiger partial charge < -0.3 is 14.7 Å². The number of hydrogen-bond acceptors (Lipinski definition) is 4. The summed E-state index contributed by atoms with van der Waals surface area (Å²) in [5.41, 5.74) is 0. The third-order valence-corrected chi connectivity index (χ3v) is 4.22. The lowest BCUT2D eigenvalue weighted by Crippen LogP contribution is -2.51. The molecule has 0 aromatic rings. The van der Waals surface area contributed by atoms with E-state index in [1.165, 1.54) is 12.8 Å². The number of morpholine rings is 1. The van der Waals surface area contributed by atoms with Crippen LogP contribution in [0, 0.1) is 5.92 Å². The van der Waals surface area contributed by atoms with E-state index in [0.29, 0.717) is 24.7 Å². The third-order valence-electron chi connectivity index (χ3n) is 4.22. The summed E-state index contributed by atoms with van der Waals surface area (Å²) in [5.74, 6) is 0.476. The Labute approximate surface area is 111 Å². The Morgan fingerprint density at radius 2 is 2.11 bits per heavy atom. The minimum atomic E-state index is 0.333. The first-order valence-electron chi connectivity index (χ1n) is 7.38. The highest BCUT2D eigenvalue weighted by molar-refractivity contribution is 4.80. The Bertz CT molecular complexity index is 248. The van der Waals surface area contributed by atoms with Crippen molar-refractivity contribution in [1.29, 1.82) is 0 Å². The lowest BCUT2D eigenvalue weighted by molar-refractivity contribution is -0.0571. The first-order valence-corrected chi connectivity index (χ1v) is 7.38. The molecule has 0 radical (unpaired) electrons. The quantitative estimate of drug-likeness (QED) is 0.807. The Morgan fingerprint density at radius 1 is 1.28 bits per heavy atom. The fourth-order valence-corrected chi connectivity index (χ4v) is 3.08. The van der Waals surface area contributed by atoms with E-state index >= 15 is 0 Å². The predicted molar refractivity (Wildman–Crippen MR) is 72.7 cm³/mol. The molecule has 2 unspecified atom stereocenters. The summed E-state index contributed by atoms with van der Waals surface area (Å²) in [4.78, 5) is 4.97. The molecule has 0 aliphatic carbocycles. The largest absolute Gasteiger partial charge is 0.396 e. The van der Waals surface area contributed by atoms with Crippen LogP contribution in [0.1, 0.15) is 26.7 Å². The van der Waals surface area contributed by atoms with Crippen molar-refractivity contribution < 1.29 is 9.84 Å². The summed E-state index contributed by atoms with van der Waals surface area (Å²) in [6.07, 6.45) is 2.74. The average molecular weight is 256 g/mol. The number of hydrogen-bond donors (Lipinski definition) is 1. The van der Waals surface area contributed by atoms with E-state index in [-0.39, 0.29) is 0 Å². The molecule has 2 saturated heterocycles.